The number of aromatic nitrogens is 3. The molecule has 102 valence electrons. The van der Waals surface area contributed by atoms with Gasteiger partial charge in [0.25, 0.3) is 0 Å². The molecule has 2 aromatic heterocycles. The molecule has 2 heterocycles. The van der Waals surface area contributed by atoms with Crippen molar-refractivity contribution in [2.75, 3.05) is 13.1 Å². The van der Waals surface area contributed by atoms with E-state index in [-0.39, 0.29) is 0 Å². The Morgan fingerprint density at radius 1 is 1.47 bits per heavy atom. The predicted octanol–water partition coefficient (Wildman–Crippen LogP) is 2.65. The molecule has 0 spiro atoms. The molecule has 0 N–H and O–H groups in total. The zero-order valence-corrected chi connectivity index (χ0v) is 12.0. The largest absolute Gasteiger partial charge is 0.310 e. The predicted molar refractivity (Wildman–Crippen MR) is 77.4 cm³/mol. The molecule has 4 nitrogen and oxygen atoms in total. The molecule has 0 aliphatic heterocycles. The highest BCUT2D eigenvalue weighted by Crippen LogP contribution is 2.26. The summed E-state index contributed by atoms with van der Waals surface area (Å²) in [5.41, 5.74) is 1.89. The van der Waals surface area contributed by atoms with Crippen molar-refractivity contribution in [3.05, 3.63) is 24.2 Å². The van der Waals surface area contributed by atoms with Crippen LogP contribution in [0.25, 0.3) is 11.2 Å². The number of imidazole rings is 1. The van der Waals surface area contributed by atoms with Gasteiger partial charge in [-0.15, -0.1) is 11.6 Å². The van der Waals surface area contributed by atoms with Gasteiger partial charge in [0.2, 0.25) is 0 Å². The van der Waals surface area contributed by atoms with E-state index in [2.05, 4.69) is 26.4 Å². The summed E-state index contributed by atoms with van der Waals surface area (Å²) in [6.45, 7) is 5.30. The minimum atomic E-state index is 0.436. The third kappa shape index (κ3) is 2.60. The van der Waals surface area contributed by atoms with Crippen LogP contribution in [0.2, 0.25) is 0 Å². The standard InChI is InChI=1S/C14H19ClN4/c1-2-18(11-5-6-11)8-9-19-13(10-15)17-12-4-3-7-16-14(12)19/h3-4,7,11H,2,5-6,8-10H2,1H3. The van der Waals surface area contributed by atoms with Gasteiger partial charge in [-0.3, -0.25) is 4.90 Å². The monoisotopic (exact) mass is 278 g/mol. The van der Waals surface area contributed by atoms with Gasteiger partial charge in [0, 0.05) is 25.3 Å². The van der Waals surface area contributed by atoms with Gasteiger partial charge in [-0.05, 0) is 31.5 Å². The van der Waals surface area contributed by atoms with Crippen molar-refractivity contribution in [2.45, 2.75) is 38.2 Å². The summed E-state index contributed by atoms with van der Waals surface area (Å²) in [5.74, 6) is 1.36. The van der Waals surface area contributed by atoms with Crippen LogP contribution in [0.15, 0.2) is 18.3 Å². The van der Waals surface area contributed by atoms with Crippen LogP contribution in [0.5, 0.6) is 0 Å². The highest BCUT2D eigenvalue weighted by atomic mass is 35.5. The summed E-state index contributed by atoms with van der Waals surface area (Å²) in [6, 6.07) is 4.71. The molecule has 2 aromatic rings. The van der Waals surface area contributed by atoms with Crippen LogP contribution >= 0.6 is 11.6 Å². The van der Waals surface area contributed by atoms with Crippen molar-refractivity contribution >= 4 is 22.8 Å². The number of fused-ring (bicyclic) bond motifs is 1. The zero-order valence-electron chi connectivity index (χ0n) is 11.2. The van der Waals surface area contributed by atoms with Crippen LogP contribution in [0, 0.1) is 0 Å². The molecule has 1 aliphatic rings. The van der Waals surface area contributed by atoms with Crippen LogP contribution in [-0.4, -0.2) is 38.6 Å². The van der Waals surface area contributed by atoms with Crippen LogP contribution in [0.4, 0.5) is 0 Å². The average molecular weight is 279 g/mol. The van der Waals surface area contributed by atoms with Crippen LogP contribution in [0.1, 0.15) is 25.6 Å². The number of hydrogen-bond acceptors (Lipinski definition) is 3. The van der Waals surface area contributed by atoms with Gasteiger partial charge in [-0.25, -0.2) is 9.97 Å². The second-order valence-corrected chi connectivity index (χ2v) is 5.29. The van der Waals surface area contributed by atoms with Gasteiger partial charge in [0.15, 0.2) is 5.65 Å². The fraction of sp³-hybridized carbons (Fsp3) is 0.571. The van der Waals surface area contributed by atoms with Crippen LogP contribution in [0.3, 0.4) is 0 Å². The van der Waals surface area contributed by atoms with Crippen molar-refractivity contribution in [3.63, 3.8) is 0 Å². The first-order chi connectivity index (χ1) is 9.33. The quantitative estimate of drug-likeness (QED) is 0.762. The molecule has 3 rings (SSSR count). The topological polar surface area (TPSA) is 34.0 Å². The molecule has 1 aliphatic carbocycles. The molecule has 0 amide bonds. The number of alkyl halides is 1. The van der Waals surface area contributed by atoms with Crippen LogP contribution in [-0.2, 0) is 12.4 Å². The van der Waals surface area contributed by atoms with Gasteiger partial charge >= 0.3 is 0 Å². The third-order valence-electron chi connectivity index (χ3n) is 3.78. The number of likely N-dealkylation sites (N-methyl/N-ethyl adjacent to an activating group) is 1. The molecule has 5 heteroatoms. The fourth-order valence-corrected chi connectivity index (χ4v) is 2.81. The summed E-state index contributed by atoms with van der Waals surface area (Å²) in [7, 11) is 0. The van der Waals surface area contributed by atoms with E-state index in [1.807, 2.05) is 18.3 Å². The maximum atomic E-state index is 6.00. The molecular formula is C14H19ClN4. The Kier molecular flexibility index (Phi) is 3.71. The molecule has 0 radical (unpaired) electrons. The Balaban J connectivity index is 1.82. The Morgan fingerprint density at radius 3 is 3.00 bits per heavy atom. The summed E-state index contributed by atoms with van der Waals surface area (Å²) in [5, 5.41) is 0. The number of nitrogens with zero attached hydrogens (tertiary/aromatic N) is 4. The van der Waals surface area contributed by atoms with E-state index in [9.17, 15) is 0 Å². The minimum Gasteiger partial charge on any atom is -0.310 e. The first kappa shape index (κ1) is 12.9. The van der Waals surface area contributed by atoms with Crippen molar-refractivity contribution in [1.82, 2.24) is 19.4 Å². The molecule has 0 atom stereocenters. The molecule has 1 saturated carbocycles. The number of halogens is 1. The van der Waals surface area contributed by atoms with E-state index in [1.165, 1.54) is 12.8 Å². The first-order valence-electron chi connectivity index (χ1n) is 6.93. The van der Waals surface area contributed by atoms with Gasteiger partial charge in [-0.1, -0.05) is 6.92 Å². The Hall–Kier alpha value is -1.13. The van der Waals surface area contributed by atoms with E-state index in [0.29, 0.717) is 5.88 Å². The molecule has 19 heavy (non-hydrogen) atoms. The lowest BCUT2D eigenvalue weighted by Gasteiger charge is -2.20. The van der Waals surface area contributed by atoms with Gasteiger partial charge < -0.3 is 4.57 Å². The van der Waals surface area contributed by atoms with E-state index in [1.54, 1.807) is 0 Å². The molecule has 0 bridgehead atoms. The molecule has 0 unspecified atom stereocenters. The number of rotatable bonds is 6. The second-order valence-electron chi connectivity index (χ2n) is 5.02. The first-order valence-corrected chi connectivity index (χ1v) is 7.47. The summed E-state index contributed by atoms with van der Waals surface area (Å²) in [6.07, 6.45) is 4.51. The normalized spacial score (nSPS) is 15.5. The Labute approximate surface area is 118 Å². The number of pyridine rings is 1. The number of hydrogen-bond donors (Lipinski definition) is 0. The van der Waals surface area contributed by atoms with E-state index in [4.69, 9.17) is 11.6 Å². The lowest BCUT2D eigenvalue weighted by atomic mass is 10.4. The van der Waals surface area contributed by atoms with Gasteiger partial charge in [0.05, 0.1) is 5.88 Å². The Bertz CT molecular complexity index is 562. The zero-order chi connectivity index (χ0) is 13.2. The fourth-order valence-electron chi connectivity index (χ4n) is 2.61. The van der Waals surface area contributed by atoms with Crippen molar-refractivity contribution < 1.29 is 0 Å². The Morgan fingerprint density at radius 2 is 2.32 bits per heavy atom. The molecule has 0 saturated heterocycles. The molecular weight excluding hydrogens is 260 g/mol. The summed E-state index contributed by atoms with van der Waals surface area (Å²) < 4.78 is 2.16. The maximum Gasteiger partial charge on any atom is 0.160 e. The van der Waals surface area contributed by atoms with Crippen molar-refractivity contribution in [1.29, 1.82) is 0 Å². The average Bonchev–Trinajstić information content (AvgIpc) is 3.21. The van der Waals surface area contributed by atoms with Crippen LogP contribution < -0.4 is 0 Å². The third-order valence-corrected chi connectivity index (χ3v) is 4.02. The lowest BCUT2D eigenvalue weighted by Crippen LogP contribution is -2.29. The van der Waals surface area contributed by atoms with Crippen molar-refractivity contribution in [3.8, 4) is 0 Å². The SMILES string of the molecule is CCN(CCn1c(CCl)nc2cccnc21)C1CC1. The highest BCUT2D eigenvalue weighted by Gasteiger charge is 2.27. The summed E-state index contributed by atoms with van der Waals surface area (Å²) >= 11 is 6.00. The minimum absolute atomic E-state index is 0.436. The molecule has 1 fully saturated rings. The smallest absolute Gasteiger partial charge is 0.160 e. The van der Waals surface area contributed by atoms with Crippen molar-refractivity contribution in [2.24, 2.45) is 0 Å². The van der Waals surface area contributed by atoms with Gasteiger partial charge in [0.1, 0.15) is 11.3 Å². The van der Waals surface area contributed by atoms with E-state index >= 15 is 0 Å². The van der Waals surface area contributed by atoms with Gasteiger partial charge in [-0.2, -0.15) is 0 Å². The van der Waals surface area contributed by atoms with E-state index in [0.717, 1.165) is 42.7 Å². The highest BCUT2D eigenvalue weighted by molar-refractivity contribution is 6.16. The van der Waals surface area contributed by atoms with E-state index < -0.39 is 0 Å². The summed E-state index contributed by atoms with van der Waals surface area (Å²) in [4.78, 5) is 11.5. The lowest BCUT2D eigenvalue weighted by molar-refractivity contribution is 0.266. The molecule has 0 aromatic carbocycles. The second kappa shape index (κ2) is 5.47. The maximum absolute atomic E-state index is 6.00.